The molecule has 2 N–H and O–H groups in total. The van der Waals surface area contributed by atoms with Crippen LogP contribution in [0.15, 0.2) is 70.0 Å². The highest BCUT2D eigenvalue weighted by Crippen LogP contribution is 2.31. The fourth-order valence-electron chi connectivity index (χ4n) is 2.22. The number of allylic oxidation sites excluding steroid dienone is 2. The first-order valence-corrected chi connectivity index (χ1v) is 8.06. The summed E-state index contributed by atoms with van der Waals surface area (Å²) < 4.78 is 26.0. The third-order valence-electron chi connectivity index (χ3n) is 3.52. The molecule has 0 aromatic heterocycles. The largest absolute Gasteiger partial charge is 0.351 e. The van der Waals surface area contributed by atoms with Gasteiger partial charge in [-0.15, -0.1) is 0 Å². The molecule has 0 spiro atoms. The molecule has 3 rings (SSSR count). The highest BCUT2D eigenvalue weighted by molar-refractivity contribution is 6.56. The van der Waals surface area contributed by atoms with Crippen molar-refractivity contribution in [3.8, 4) is 0 Å². The van der Waals surface area contributed by atoms with Crippen molar-refractivity contribution in [2.24, 2.45) is 0 Å². The van der Waals surface area contributed by atoms with E-state index in [0.717, 1.165) is 0 Å². The molecule has 0 heterocycles. The van der Waals surface area contributed by atoms with Gasteiger partial charge in [0.2, 0.25) is 11.6 Å². The first kappa shape index (κ1) is 18.1. The Bertz CT molecular complexity index is 873. The lowest BCUT2D eigenvalue weighted by Gasteiger charge is -2.20. The lowest BCUT2D eigenvalue weighted by atomic mass is 10.0. The first-order valence-electron chi connectivity index (χ1n) is 7.31. The molecule has 0 unspecified atom stereocenters. The number of hydrogen-bond acceptors (Lipinski definition) is 4. The molecule has 8 heteroatoms. The number of nitrogens with one attached hydrogen (secondary N) is 2. The predicted molar refractivity (Wildman–Crippen MR) is 95.8 cm³/mol. The third-order valence-corrected chi connectivity index (χ3v) is 4.24. The second kappa shape index (κ2) is 7.27. The Hall–Kier alpha value is -2.70. The van der Waals surface area contributed by atoms with Gasteiger partial charge in [-0.3, -0.25) is 9.59 Å². The van der Waals surface area contributed by atoms with E-state index in [1.54, 1.807) is 0 Å². The third kappa shape index (κ3) is 3.61. The van der Waals surface area contributed by atoms with Gasteiger partial charge >= 0.3 is 0 Å². The van der Waals surface area contributed by atoms with E-state index in [4.69, 9.17) is 23.2 Å². The summed E-state index contributed by atoms with van der Waals surface area (Å²) in [5.41, 5.74) is 0.302. The standard InChI is InChI=1S/C18H10Cl2F2N2O2/c19-13-15(23-11-5-1-9(21)2-6-11)17(25)14(20)16(18(13)26)24-12-7-3-10(22)4-8-12/h1-8,23-24H. The lowest BCUT2D eigenvalue weighted by Crippen LogP contribution is -2.27. The molecule has 0 radical (unpaired) electrons. The fraction of sp³-hybridized carbons (Fsp3) is 0. The van der Waals surface area contributed by atoms with Crippen LogP contribution < -0.4 is 10.6 Å². The molecule has 0 saturated heterocycles. The van der Waals surface area contributed by atoms with Crippen molar-refractivity contribution in [1.82, 2.24) is 0 Å². The van der Waals surface area contributed by atoms with E-state index >= 15 is 0 Å². The quantitative estimate of drug-likeness (QED) is 0.747. The molecule has 0 fully saturated rings. The molecule has 1 aliphatic carbocycles. The number of benzene rings is 2. The predicted octanol–water partition coefficient (Wildman–Crippen LogP) is 4.54. The number of rotatable bonds is 4. The smallest absolute Gasteiger partial charge is 0.224 e. The molecule has 26 heavy (non-hydrogen) atoms. The number of hydrogen-bond donors (Lipinski definition) is 2. The second-order valence-electron chi connectivity index (χ2n) is 5.30. The van der Waals surface area contributed by atoms with Crippen molar-refractivity contribution in [2.75, 3.05) is 10.6 Å². The number of Topliss-reactive ketones (excluding diaryl/α,β-unsaturated/α-hetero) is 2. The van der Waals surface area contributed by atoms with Gasteiger partial charge in [0, 0.05) is 11.4 Å². The Morgan fingerprint density at radius 3 is 1.23 bits per heavy atom. The minimum Gasteiger partial charge on any atom is -0.351 e. The fourth-order valence-corrected chi connectivity index (χ4v) is 2.68. The summed E-state index contributed by atoms with van der Waals surface area (Å²) in [6, 6.07) is 10.3. The van der Waals surface area contributed by atoms with Crippen LogP contribution in [0.2, 0.25) is 0 Å². The first-order chi connectivity index (χ1) is 12.4. The van der Waals surface area contributed by atoms with Crippen LogP contribution in [-0.2, 0) is 9.59 Å². The zero-order valence-corrected chi connectivity index (χ0v) is 14.5. The van der Waals surface area contributed by atoms with Gasteiger partial charge in [-0.2, -0.15) is 0 Å². The maximum atomic E-state index is 13.0. The molecular weight excluding hydrogens is 385 g/mol. The minimum absolute atomic E-state index is 0.210. The molecule has 0 saturated carbocycles. The number of carbonyl (C=O) groups is 2. The van der Waals surface area contributed by atoms with Gasteiger partial charge in [0.25, 0.3) is 0 Å². The molecule has 2 aromatic carbocycles. The van der Waals surface area contributed by atoms with Gasteiger partial charge in [-0.1, -0.05) is 23.2 Å². The Labute approximate surface area is 157 Å². The molecule has 4 nitrogen and oxygen atoms in total. The Kier molecular flexibility index (Phi) is 5.06. The molecule has 0 bridgehead atoms. The summed E-state index contributed by atoms with van der Waals surface area (Å²) in [7, 11) is 0. The minimum atomic E-state index is -0.704. The maximum absolute atomic E-state index is 13.0. The van der Waals surface area contributed by atoms with Gasteiger partial charge in [0.1, 0.15) is 33.1 Å². The van der Waals surface area contributed by atoms with E-state index in [-0.39, 0.29) is 21.5 Å². The molecule has 132 valence electrons. The lowest BCUT2D eigenvalue weighted by molar-refractivity contribution is -0.115. The number of ketones is 2. The van der Waals surface area contributed by atoms with Crippen LogP contribution in [0.4, 0.5) is 20.2 Å². The Balaban J connectivity index is 1.88. The van der Waals surface area contributed by atoms with E-state index < -0.39 is 23.2 Å². The van der Waals surface area contributed by atoms with Crippen molar-refractivity contribution in [3.05, 3.63) is 81.6 Å². The molecule has 0 atom stereocenters. The molecule has 1 aliphatic rings. The number of carbonyl (C=O) groups excluding carboxylic acids is 2. The zero-order valence-electron chi connectivity index (χ0n) is 12.9. The van der Waals surface area contributed by atoms with Crippen LogP contribution in [-0.4, -0.2) is 11.6 Å². The van der Waals surface area contributed by atoms with Crippen LogP contribution in [0.25, 0.3) is 0 Å². The Morgan fingerprint density at radius 1 is 0.615 bits per heavy atom. The zero-order chi connectivity index (χ0) is 18.8. The summed E-state index contributed by atoms with van der Waals surface area (Å²) in [4.78, 5) is 25.0. The van der Waals surface area contributed by atoms with Crippen LogP contribution in [0.5, 0.6) is 0 Å². The average molecular weight is 395 g/mol. The van der Waals surface area contributed by atoms with E-state index in [2.05, 4.69) is 10.6 Å². The normalized spacial score (nSPS) is 14.8. The number of anilines is 2. The van der Waals surface area contributed by atoms with Crippen LogP contribution in [0.1, 0.15) is 0 Å². The summed E-state index contributed by atoms with van der Waals surface area (Å²) in [5, 5.41) is 4.62. The summed E-state index contributed by atoms with van der Waals surface area (Å²) >= 11 is 12.1. The highest BCUT2D eigenvalue weighted by Gasteiger charge is 2.33. The average Bonchev–Trinajstić information content (AvgIpc) is 2.64. The highest BCUT2D eigenvalue weighted by atomic mass is 35.5. The van der Waals surface area contributed by atoms with Crippen LogP contribution in [0, 0.1) is 11.6 Å². The SMILES string of the molecule is O=C1C(Cl)=C(Nc2ccc(F)cc2)C(=O)C(Cl)=C1Nc1ccc(F)cc1. The molecule has 2 aromatic rings. The van der Waals surface area contributed by atoms with E-state index in [1.807, 2.05) is 0 Å². The van der Waals surface area contributed by atoms with Crippen molar-refractivity contribution in [1.29, 1.82) is 0 Å². The topological polar surface area (TPSA) is 58.2 Å². The van der Waals surface area contributed by atoms with Crippen molar-refractivity contribution in [2.45, 2.75) is 0 Å². The van der Waals surface area contributed by atoms with Gasteiger partial charge in [-0.25, -0.2) is 8.78 Å². The number of halogens is 4. The van der Waals surface area contributed by atoms with Crippen LogP contribution in [0.3, 0.4) is 0 Å². The van der Waals surface area contributed by atoms with E-state index in [0.29, 0.717) is 11.4 Å². The monoisotopic (exact) mass is 394 g/mol. The second-order valence-corrected chi connectivity index (χ2v) is 6.06. The summed E-state index contributed by atoms with van der Waals surface area (Å²) in [6.45, 7) is 0. The van der Waals surface area contributed by atoms with E-state index in [9.17, 15) is 18.4 Å². The van der Waals surface area contributed by atoms with Crippen molar-refractivity contribution in [3.63, 3.8) is 0 Å². The maximum Gasteiger partial charge on any atom is 0.224 e. The summed E-state index contributed by atoms with van der Waals surface area (Å²) in [6.07, 6.45) is 0. The van der Waals surface area contributed by atoms with Crippen molar-refractivity contribution < 1.29 is 18.4 Å². The molecule has 0 aliphatic heterocycles. The Morgan fingerprint density at radius 2 is 0.923 bits per heavy atom. The van der Waals surface area contributed by atoms with Gasteiger partial charge in [0.15, 0.2) is 0 Å². The van der Waals surface area contributed by atoms with Crippen molar-refractivity contribution >= 4 is 46.1 Å². The van der Waals surface area contributed by atoms with E-state index in [1.165, 1.54) is 48.5 Å². The summed E-state index contributed by atoms with van der Waals surface area (Å²) in [5.74, 6) is -2.31. The molecular formula is C18H10Cl2F2N2O2. The van der Waals surface area contributed by atoms with Crippen LogP contribution >= 0.6 is 23.2 Å². The van der Waals surface area contributed by atoms with Gasteiger partial charge in [0.05, 0.1) is 0 Å². The van der Waals surface area contributed by atoms with Gasteiger partial charge < -0.3 is 10.6 Å². The van der Waals surface area contributed by atoms with Gasteiger partial charge in [-0.05, 0) is 48.5 Å². The molecule has 0 amide bonds.